The quantitative estimate of drug-likeness (QED) is 0.560. The van der Waals surface area contributed by atoms with E-state index in [0.29, 0.717) is 23.7 Å². The second-order valence-corrected chi connectivity index (χ2v) is 6.59. The Labute approximate surface area is 160 Å². The van der Waals surface area contributed by atoms with Crippen molar-refractivity contribution in [3.63, 3.8) is 0 Å². The number of carboxylic acid groups (broad SMARTS) is 1. The van der Waals surface area contributed by atoms with E-state index in [2.05, 4.69) is 15.9 Å². The lowest BCUT2D eigenvalue weighted by Gasteiger charge is -2.13. The first kappa shape index (κ1) is 18.0. The van der Waals surface area contributed by atoms with Crippen molar-refractivity contribution in [3.05, 3.63) is 88.4 Å². The summed E-state index contributed by atoms with van der Waals surface area (Å²) in [5, 5.41) is 8.94. The first-order chi connectivity index (χ1) is 12.6. The van der Waals surface area contributed by atoms with Gasteiger partial charge < -0.3 is 14.6 Å². The van der Waals surface area contributed by atoms with Gasteiger partial charge in [-0.3, -0.25) is 4.79 Å². The molecule has 0 spiro atoms. The van der Waals surface area contributed by atoms with Crippen LogP contribution in [-0.2, 0) is 17.8 Å². The Morgan fingerprint density at radius 2 is 1.69 bits per heavy atom. The lowest BCUT2D eigenvalue weighted by Crippen LogP contribution is -2.01. The summed E-state index contributed by atoms with van der Waals surface area (Å²) >= 11 is 3.47. The van der Waals surface area contributed by atoms with Gasteiger partial charge in [0.15, 0.2) is 0 Å². The first-order valence-electron chi connectivity index (χ1n) is 8.05. The molecule has 0 bridgehead atoms. The third kappa shape index (κ3) is 5.10. The largest absolute Gasteiger partial charge is 0.489 e. The van der Waals surface area contributed by atoms with E-state index in [9.17, 15) is 4.79 Å². The van der Waals surface area contributed by atoms with E-state index >= 15 is 0 Å². The molecule has 0 aliphatic rings. The Kier molecular flexibility index (Phi) is 5.92. The molecular formula is C21H17BrO4. The van der Waals surface area contributed by atoms with Crippen LogP contribution in [-0.4, -0.2) is 11.1 Å². The van der Waals surface area contributed by atoms with Gasteiger partial charge in [0.05, 0.1) is 6.42 Å². The predicted octanol–water partition coefficient (Wildman–Crippen LogP) is 5.45. The maximum absolute atomic E-state index is 10.9. The highest BCUT2D eigenvalue weighted by Gasteiger charge is 2.09. The minimum atomic E-state index is -0.872. The summed E-state index contributed by atoms with van der Waals surface area (Å²) < 4.78 is 12.7. The monoisotopic (exact) mass is 412 g/mol. The number of rotatable bonds is 7. The van der Waals surface area contributed by atoms with E-state index in [4.69, 9.17) is 14.6 Å². The van der Waals surface area contributed by atoms with Crippen LogP contribution in [0.3, 0.4) is 0 Å². The Morgan fingerprint density at radius 3 is 2.46 bits per heavy atom. The van der Waals surface area contributed by atoms with Crippen molar-refractivity contribution in [2.24, 2.45) is 0 Å². The zero-order valence-corrected chi connectivity index (χ0v) is 15.5. The van der Waals surface area contributed by atoms with Crippen LogP contribution in [0.15, 0.2) is 77.3 Å². The molecule has 0 unspecified atom stereocenters. The van der Waals surface area contributed by atoms with E-state index in [1.54, 1.807) is 24.3 Å². The van der Waals surface area contributed by atoms with Gasteiger partial charge in [0, 0.05) is 10.0 Å². The Morgan fingerprint density at radius 1 is 0.923 bits per heavy atom. The van der Waals surface area contributed by atoms with Crippen molar-refractivity contribution in [1.82, 2.24) is 0 Å². The van der Waals surface area contributed by atoms with Crippen LogP contribution >= 0.6 is 15.9 Å². The van der Waals surface area contributed by atoms with Gasteiger partial charge in [-0.2, -0.15) is 0 Å². The fraction of sp³-hybridized carbons (Fsp3) is 0.0952. The molecule has 132 valence electrons. The maximum Gasteiger partial charge on any atom is 0.307 e. The highest BCUT2D eigenvalue weighted by molar-refractivity contribution is 9.10. The fourth-order valence-corrected chi connectivity index (χ4v) is 2.87. The molecule has 0 aliphatic heterocycles. The number of carboxylic acids is 1. The van der Waals surface area contributed by atoms with Crippen LogP contribution < -0.4 is 9.47 Å². The molecule has 0 fully saturated rings. The van der Waals surface area contributed by atoms with Gasteiger partial charge in [-0.1, -0.05) is 46.3 Å². The van der Waals surface area contributed by atoms with E-state index in [1.165, 1.54) is 0 Å². The summed E-state index contributed by atoms with van der Waals surface area (Å²) in [4.78, 5) is 10.9. The minimum Gasteiger partial charge on any atom is -0.489 e. The molecule has 0 amide bonds. The number of benzene rings is 3. The lowest BCUT2D eigenvalue weighted by atomic mass is 10.1. The van der Waals surface area contributed by atoms with Crippen molar-refractivity contribution < 1.29 is 19.4 Å². The number of para-hydroxylation sites is 1. The molecule has 0 aromatic heterocycles. The van der Waals surface area contributed by atoms with Crippen molar-refractivity contribution in [3.8, 4) is 17.2 Å². The van der Waals surface area contributed by atoms with Crippen molar-refractivity contribution in [1.29, 1.82) is 0 Å². The van der Waals surface area contributed by atoms with E-state index in [1.807, 2.05) is 48.5 Å². The Bertz CT molecular complexity index is 894. The summed E-state index contributed by atoms with van der Waals surface area (Å²) in [6.07, 6.45) is -0.0402. The molecule has 0 saturated carbocycles. The zero-order valence-electron chi connectivity index (χ0n) is 13.9. The Balaban J connectivity index is 1.78. The topological polar surface area (TPSA) is 55.8 Å². The molecule has 3 aromatic carbocycles. The molecule has 5 heteroatoms. The average molecular weight is 413 g/mol. The van der Waals surface area contributed by atoms with Crippen LogP contribution in [0.2, 0.25) is 0 Å². The summed E-state index contributed by atoms with van der Waals surface area (Å²) in [7, 11) is 0. The van der Waals surface area contributed by atoms with Gasteiger partial charge in [-0.15, -0.1) is 0 Å². The molecule has 0 heterocycles. The number of hydrogen-bond acceptors (Lipinski definition) is 3. The number of aliphatic carboxylic acids is 1. The van der Waals surface area contributed by atoms with Crippen LogP contribution in [0.25, 0.3) is 0 Å². The summed E-state index contributed by atoms with van der Waals surface area (Å²) in [5.74, 6) is 1.16. The summed E-state index contributed by atoms with van der Waals surface area (Å²) in [6.45, 7) is 0.355. The van der Waals surface area contributed by atoms with E-state index in [-0.39, 0.29) is 6.42 Å². The van der Waals surface area contributed by atoms with Crippen molar-refractivity contribution >= 4 is 21.9 Å². The average Bonchev–Trinajstić information content (AvgIpc) is 2.62. The van der Waals surface area contributed by atoms with Gasteiger partial charge in [0.2, 0.25) is 0 Å². The smallest absolute Gasteiger partial charge is 0.307 e. The molecular weight excluding hydrogens is 396 g/mol. The number of hydrogen-bond donors (Lipinski definition) is 1. The van der Waals surface area contributed by atoms with Gasteiger partial charge in [0.1, 0.15) is 23.9 Å². The number of ether oxygens (including phenoxy) is 2. The standard InChI is InChI=1S/C21H17BrO4/c22-17-9-10-20(16(13-17)14-25-18-6-2-1-3-7-18)26-19-8-4-5-15(11-19)12-21(23)24/h1-11,13H,12,14H2,(H,23,24). The number of carbonyl (C=O) groups is 1. The second-order valence-electron chi connectivity index (χ2n) is 5.67. The fourth-order valence-electron chi connectivity index (χ4n) is 2.46. The highest BCUT2D eigenvalue weighted by atomic mass is 79.9. The maximum atomic E-state index is 10.9. The van der Waals surface area contributed by atoms with Gasteiger partial charge >= 0.3 is 5.97 Å². The van der Waals surface area contributed by atoms with Gasteiger partial charge in [-0.05, 0) is 48.0 Å². The third-order valence-electron chi connectivity index (χ3n) is 3.64. The molecule has 0 saturated heterocycles. The first-order valence-corrected chi connectivity index (χ1v) is 8.84. The molecule has 3 aromatic rings. The molecule has 0 radical (unpaired) electrons. The molecule has 3 rings (SSSR count). The van der Waals surface area contributed by atoms with E-state index in [0.717, 1.165) is 15.8 Å². The third-order valence-corrected chi connectivity index (χ3v) is 4.13. The predicted molar refractivity (Wildman–Crippen MR) is 103 cm³/mol. The minimum absolute atomic E-state index is 0.0402. The van der Waals surface area contributed by atoms with Crippen molar-refractivity contribution in [2.75, 3.05) is 0 Å². The van der Waals surface area contributed by atoms with Crippen LogP contribution in [0.4, 0.5) is 0 Å². The number of halogens is 1. The molecule has 26 heavy (non-hydrogen) atoms. The van der Waals surface area contributed by atoms with Crippen molar-refractivity contribution in [2.45, 2.75) is 13.0 Å². The second kappa shape index (κ2) is 8.54. The Hall–Kier alpha value is -2.79. The van der Waals surface area contributed by atoms with Crippen LogP contribution in [0.1, 0.15) is 11.1 Å². The molecule has 4 nitrogen and oxygen atoms in total. The van der Waals surface area contributed by atoms with Gasteiger partial charge in [0.25, 0.3) is 0 Å². The normalized spacial score (nSPS) is 10.3. The SMILES string of the molecule is O=C(O)Cc1cccc(Oc2ccc(Br)cc2COc2ccccc2)c1. The lowest BCUT2D eigenvalue weighted by molar-refractivity contribution is -0.136. The highest BCUT2D eigenvalue weighted by Crippen LogP contribution is 2.29. The van der Waals surface area contributed by atoms with Gasteiger partial charge in [-0.25, -0.2) is 0 Å². The van der Waals surface area contributed by atoms with Crippen LogP contribution in [0.5, 0.6) is 17.2 Å². The van der Waals surface area contributed by atoms with Crippen LogP contribution in [0, 0.1) is 0 Å². The molecule has 1 N–H and O–H groups in total. The molecule has 0 atom stereocenters. The van der Waals surface area contributed by atoms with E-state index < -0.39 is 5.97 Å². The molecule has 0 aliphatic carbocycles. The summed E-state index contributed by atoms with van der Waals surface area (Å²) in [5.41, 5.74) is 1.57. The summed E-state index contributed by atoms with van der Waals surface area (Å²) in [6, 6.07) is 22.3. The zero-order chi connectivity index (χ0) is 18.4.